The molecule has 0 saturated heterocycles. The molecule has 1 heterocycles. The minimum atomic E-state index is -0.464. The summed E-state index contributed by atoms with van der Waals surface area (Å²) in [5.41, 5.74) is 4.44. The summed E-state index contributed by atoms with van der Waals surface area (Å²) < 4.78 is 18.7. The van der Waals surface area contributed by atoms with Gasteiger partial charge in [-0.1, -0.05) is 12.1 Å². The Morgan fingerprint density at radius 1 is 1.24 bits per heavy atom. The molecule has 25 heavy (non-hydrogen) atoms. The summed E-state index contributed by atoms with van der Waals surface area (Å²) >= 11 is 0. The van der Waals surface area contributed by atoms with Crippen molar-refractivity contribution in [2.24, 2.45) is 0 Å². The van der Waals surface area contributed by atoms with E-state index < -0.39 is 5.97 Å². The number of aromatic nitrogens is 1. The van der Waals surface area contributed by atoms with Gasteiger partial charge >= 0.3 is 5.97 Å². The summed E-state index contributed by atoms with van der Waals surface area (Å²) in [6, 6.07) is 10.2. The number of carbonyl (C=O) groups excluding carboxylic acids is 1. The Bertz CT molecular complexity index is 954. The van der Waals surface area contributed by atoms with Gasteiger partial charge in [-0.15, -0.1) is 0 Å². The number of hydrogen-bond donors (Lipinski definition) is 1. The van der Waals surface area contributed by atoms with E-state index in [2.05, 4.69) is 10.3 Å². The SMILES string of the molecule is CCOC(=O)c1cnc2cc(F)ccc2c1Nc1cccc(C)c1C. The van der Waals surface area contributed by atoms with Crippen molar-refractivity contribution in [1.29, 1.82) is 0 Å². The van der Waals surface area contributed by atoms with Gasteiger partial charge in [-0.3, -0.25) is 4.98 Å². The van der Waals surface area contributed by atoms with E-state index in [0.29, 0.717) is 22.2 Å². The van der Waals surface area contributed by atoms with Crippen molar-refractivity contribution < 1.29 is 13.9 Å². The lowest BCUT2D eigenvalue weighted by atomic mass is 10.1. The number of nitrogens with zero attached hydrogens (tertiary/aromatic N) is 1. The average Bonchev–Trinajstić information content (AvgIpc) is 2.59. The molecule has 0 unspecified atom stereocenters. The highest BCUT2D eigenvalue weighted by atomic mass is 19.1. The molecule has 3 rings (SSSR count). The van der Waals surface area contributed by atoms with Crippen LogP contribution in [0.5, 0.6) is 0 Å². The van der Waals surface area contributed by atoms with Crippen LogP contribution in [0.1, 0.15) is 28.4 Å². The van der Waals surface area contributed by atoms with Crippen LogP contribution >= 0.6 is 0 Å². The molecule has 2 aromatic carbocycles. The molecule has 0 aliphatic heterocycles. The van der Waals surface area contributed by atoms with Gasteiger partial charge < -0.3 is 10.1 Å². The minimum absolute atomic E-state index is 0.267. The van der Waals surface area contributed by atoms with Crippen LogP contribution in [-0.4, -0.2) is 17.6 Å². The Kier molecular flexibility index (Phi) is 4.65. The fraction of sp³-hybridized carbons (Fsp3) is 0.200. The Morgan fingerprint density at radius 3 is 2.80 bits per heavy atom. The number of esters is 1. The van der Waals surface area contributed by atoms with Crippen LogP contribution in [-0.2, 0) is 4.74 Å². The Hall–Kier alpha value is -2.95. The second-order valence-corrected chi connectivity index (χ2v) is 5.80. The third kappa shape index (κ3) is 3.31. The molecule has 128 valence electrons. The van der Waals surface area contributed by atoms with Crippen molar-refractivity contribution >= 4 is 28.2 Å². The maximum Gasteiger partial charge on any atom is 0.341 e. The number of hydrogen-bond acceptors (Lipinski definition) is 4. The van der Waals surface area contributed by atoms with Crippen LogP contribution in [0.4, 0.5) is 15.8 Å². The smallest absolute Gasteiger partial charge is 0.341 e. The lowest BCUT2D eigenvalue weighted by Gasteiger charge is -2.16. The van der Waals surface area contributed by atoms with Gasteiger partial charge in [-0.25, -0.2) is 9.18 Å². The number of anilines is 2. The second-order valence-electron chi connectivity index (χ2n) is 5.80. The molecular formula is C20H19FN2O2. The molecule has 0 atom stereocenters. The summed E-state index contributed by atoms with van der Waals surface area (Å²) in [6.45, 7) is 6.04. The number of fused-ring (bicyclic) bond motifs is 1. The topological polar surface area (TPSA) is 51.2 Å². The van der Waals surface area contributed by atoms with Crippen LogP contribution in [0, 0.1) is 19.7 Å². The molecule has 0 fully saturated rings. The van der Waals surface area contributed by atoms with Crippen LogP contribution < -0.4 is 5.32 Å². The van der Waals surface area contributed by atoms with Crippen LogP contribution in [0.3, 0.4) is 0 Å². The molecule has 0 radical (unpaired) electrons. The first kappa shape index (κ1) is 16.9. The van der Waals surface area contributed by atoms with Gasteiger partial charge in [0.15, 0.2) is 0 Å². The van der Waals surface area contributed by atoms with Crippen molar-refractivity contribution in [2.45, 2.75) is 20.8 Å². The van der Waals surface area contributed by atoms with Crippen molar-refractivity contribution in [3.8, 4) is 0 Å². The molecule has 0 aliphatic carbocycles. The number of nitrogens with one attached hydrogen (secondary N) is 1. The van der Waals surface area contributed by atoms with Gasteiger partial charge in [0.1, 0.15) is 11.4 Å². The maximum absolute atomic E-state index is 13.5. The van der Waals surface area contributed by atoms with Gasteiger partial charge in [-0.2, -0.15) is 0 Å². The van der Waals surface area contributed by atoms with Gasteiger partial charge in [0, 0.05) is 23.3 Å². The number of halogens is 1. The first-order chi connectivity index (χ1) is 12.0. The molecule has 0 bridgehead atoms. The second kappa shape index (κ2) is 6.89. The highest BCUT2D eigenvalue weighted by Crippen LogP contribution is 2.31. The zero-order chi connectivity index (χ0) is 18.0. The average molecular weight is 338 g/mol. The molecule has 1 aromatic heterocycles. The van der Waals surface area contributed by atoms with E-state index in [4.69, 9.17) is 4.74 Å². The first-order valence-electron chi connectivity index (χ1n) is 8.10. The molecule has 0 aliphatic rings. The fourth-order valence-electron chi connectivity index (χ4n) is 2.69. The number of carbonyl (C=O) groups is 1. The summed E-state index contributed by atoms with van der Waals surface area (Å²) in [5.74, 6) is -0.837. The highest BCUT2D eigenvalue weighted by Gasteiger charge is 2.18. The number of aryl methyl sites for hydroxylation is 1. The largest absolute Gasteiger partial charge is 0.462 e. The van der Waals surface area contributed by atoms with Crippen molar-refractivity contribution in [3.05, 3.63) is 65.1 Å². The van der Waals surface area contributed by atoms with E-state index in [1.807, 2.05) is 32.0 Å². The van der Waals surface area contributed by atoms with E-state index in [1.165, 1.54) is 18.3 Å². The standard InChI is InChI=1S/C20H19FN2O2/c1-4-25-20(24)16-11-22-18-10-14(21)8-9-15(18)19(16)23-17-7-5-6-12(2)13(17)3/h5-11H,4H2,1-3H3,(H,22,23). The summed E-state index contributed by atoms with van der Waals surface area (Å²) in [7, 11) is 0. The number of rotatable bonds is 4. The zero-order valence-electron chi connectivity index (χ0n) is 14.4. The monoisotopic (exact) mass is 338 g/mol. The summed E-state index contributed by atoms with van der Waals surface area (Å²) in [5, 5.41) is 3.98. The molecule has 1 N–H and O–H groups in total. The normalized spacial score (nSPS) is 10.7. The summed E-state index contributed by atoms with van der Waals surface area (Å²) in [6.07, 6.45) is 1.42. The molecule has 3 aromatic rings. The third-order valence-electron chi connectivity index (χ3n) is 4.19. The van der Waals surface area contributed by atoms with Gasteiger partial charge in [0.25, 0.3) is 0 Å². The number of ether oxygens (including phenoxy) is 1. The van der Waals surface area contributed by atoms with Crippen molar-refractivity contribution in [2.75, 3.05) is 11.9 Å². The summed E-state index contributed by atoms with van der Waals surface area (Å²) in [4.78, 5) is 16.5. The van der Waals surface area contributed by atoms with Gasteiger partial charge in [-0.05, 0) is 50.1 Å². The number of benzene rings is 2. The molecule has 0 spiro atoms. The quantitative estimate of drug-likeness (QED) is 0.687. The predicted octanol–water partition coefficient (Wildman–Crippen LogP) is 4.91. The van der Waals surface area contributed by atoms with E-state index in [0.717, 1.165) is 16.8 Å². The zero-order valence-corrected chi connectivity index (χ0v) is 14.4. The molecule has 0 saturated carbocycles. The van der Waals surface area contributed by atoms with Crippen molar-refractivity contribution in [3.63, 3.8) is 0 Å². The molecular weight excluding hydrogens is 319 g/mol. The van der Waals surface area contributed by atoms with E-state index in [1.54, 1.807) is 13.0 Å². The Balaban J connectivity index is 2.20. The van der Waals surface area contributed by atoms with E-state index >= 15 is 0 Å². The molecule has 0 amide bonds. The number of pyridine rings is 1. The van der Waals surface area contributed by atoms with Crippen LogP contribution in [0.2, 0.25) is 0 Å². The Morgan fingerprint density at radius 2 is 2.04 bits per heavy atom. The van der Waals surface area contributed by atoms with Crippen LogP contribution in [0.25, 0.3) is 10.9 Å². The molecule has 4 nitrogen and oxygen atoms in total. The first-order valence-corrected chi connectivity index (χ1v) is 8.10. The van der Waals surface area contributed by atoms with Gasteiger partial charge in [0.05, 0.1) is 17.8 Å². The lowest BCUT2D eigenvalue weighted by molar-refractivity contribution is 0.0527. The Labute approximate surface area is 145 Å². The fourth-order valence-corrected chi connectivity index (χ4v) is 2.69. The third-order valence-corrected chi connectivity index (χ3v) is 4.19. The van der Waals surface area contributed by atoms with Crippen LogP contribution in [0.15, 0.2) is 42.6 Å². The lowest BCUT2D eigenvalue weighted by Crippen LogP contribution is -2.10. The highest BCUT2D eigenvalue weighted by molar-refractivity contribution is 6.06. The van der Waals surface area contributed by atoms with E-state index in [-0.39, 0.29) is 12.4 Å². The van der Waals surface area contributed by atoms with E-state index in [9.17, 15) is 9.18 Å². The predicted molar refractivity (Wildman–Crippen MR) is 96.9 cm³/mol. The van der Waals surface area contributed by atoms with Gasteiger partial charge in [0.2, 0.25) is 0 Å². The maximum atomic E-state index is 13.5. The molecule has 5 heteroatoms. The minimum Gasteiger partial charge on any atom is -0.462 e. The van der Waals surface area contributed by atoms with Crippen molar-refractivity contribution in [1.82, 2.24) is 4.98 Å².